The summed E-state index contributed by atoms with van der Waals surface area (Å²) in [5.74, 6) is -2.11. The van der Waals surface area contributed by atoms with Crippen molar-refractivity contribution < 1.29 is 23.5 Å². The van der Waals surface area contributed by atoms with E-state index in [1.807, 2.05) is 6.07 Å². The highest BCUT2D eigenvalue weighted by molar-refractivity contribution is 6.30. The quantitative estimate of drug-likeness (QED) is 0.428. The number of hydrogen-bond donors (Lipinski definition) is 2. The molecule has 3 aromatic carbocycles. The van der Waals surface area contributed by atoms with Crippen molar-refractivity contribution in [1.29, 1.82) is 0 Å². The van der Waals surface area contributed by atoms with Gasteiger partial charge in [-0.15, -0.1) is 0 Å². The molecule has 156 valence electrons. The second-order valence-electron chi connectivity index (χ2n) is 7.04. The number of halogens is 2. The number of nitrogens with one attached hydrogen (secondary N) is 1. The molecule has 0 fully saturated rings. The van der Waals surface area contributed by atoms with Gasteiger partial charge in [-0.2, -0.15) is 0 Å². The number of rotatable bonds is 6. The van der Waals surface area contributed by atoms with Crippen LogP contribution in [0.15, 0.2) is 77.2 Å². The maximum absolute atomic E-state index is 14.2. The molecule has 0 radical (unpaired) electrons. The molecule has 0 aliphatic heterocycles. The third kappa shape index (κ3) is 4.59. The van der Waals surface area contributed by atoms with Gasteiger partial charge in [0.25, 0.3) is 5.91 Å². The third-order valence-electron chi connectivity index (χ3n) is 4.84. The first-order valence-electron chi connectivity index (χ1n) is 9.47. The Bertz CT molecular complexity index is 1250. The zero-order valence-corrected chi connectivity index (χ0v) is 16.9. The molecule has 5 nitrogen and oxygen atoms in total. The zero-order chi connectivity index (χ0) is 22.0. The van der Waals surface area contributed by atoms with Crippen LogP contribution < -0.4 is 5.32 Å². The molecule has 4 aromatic rings. The molecule has 0 saturated heterocycles. The maximum atomic E-state index is 14.2. The molecule has 2 N–H and O–H groups in total. The number of carboxylic acid groups (broad SMARTS) is 1. The van der Waals surface area contributed by atoms with Gasteiger partial charge in [0.05, 0.1) is 5.56 Å². The molecule has 1 heterocycles. The van der Waals surface area contributed by atoms with Crippen LogP contribution in [0, 0.1) is 5.82 Å². The van der Waals surface area contributed by atoms with Crippen LogP contribution in [0.5, 0.6) is 0 Å². The predicted molar refractivity (Wildman–Crippen MR) is 116 cm³/mol. The van der Waals surface area contributed by atoms with Gasteiger partial charge in [0.2, 0.25) is 0 Å². The van der Waals surface area contributed by atoms with E-state index in [9.17, 15) is 19.1 Å². The van der Waals surface area contributed by atoms with Crippen LogP contribution in [0.4, 0.5) is 4.39 Å². The highest BCUT2D eigenvalue weighted by atomic mass is 35.5. The second-order valence-corrected chi connectivity index (χ2v) is 7.48. The number of benzene rings is 3. The summed E-state index contributed by atoms with van der Waals surface area (Å²) in [6.07, 6.45) is 0.0918. The lowest BCUT2D eigenvalue weighted by Crippen LogP contribution is -2.42. The molecule has 1 atom stereocenters. The third-order valence-corrected chi connectivity index (χ3v) is 5.09. The van der Waals surface area contributed by atoms with E-state index < -0.39 is 23.7 Å². The monoisotopic (exact) mass is 437 g/mol. The number of amides is 1. The minimum Gasteiger partial charge on any atom is -0.480 e. The van der Waals surface area contributed by atoms with Gasteiger partial charge in [0.1, 0.15) is 23.2 Å². The molecular weight excluding hydrogens is 421 g/mol. The van der Waals surface area contributed by atoms with Gasteiger partial charge < -0.3 is 14.8 Å². The molecule has 0 aliphatic carbocycles. The maximum Gasteiger partial charge on any atom is 0.326 e. The van der Waals surface area contributed by atoms with Crippen molar-refractivity contribution in [3.63, 3.8) is 0 Å². The number of hydrogen-bond acceptors (Lipinski definition) is 3. The van der Waals surface area contributed by atoms with Gasteiger partial charge >= 0.3 is 5.97 Å². The minimum absolute atomic E-state index is 0.0745. The Kier molecular flexibility index (Phi) is 5.73. The van der Waals surface area contributed by atoms with Gasteiger partial charge in [-0.25, -0.2) is 9.18 Å². The fourth-order valence-electron chi connectivity index (χ4n) is 3.33. The predicted octanol–water partition coefficient (Wildman–Crippen LogP) is 5.32. The van der Waals surface area contributed by atoms with Gasteiger partial charge in [-0.05, 0) is 48.0 Å². The SMILES string of the molecule is O=C(N[C@@H](Cc1ccccc1)C(=O)O)c1cc(F)cc2cc(-c3ccc(Cl)cc3)oc12. The smallest absolute Gasteiger partial charge is 0.326 e. The molecule has 1 amide bonds. The Hall–Kier alpha value is -3.64. The van der Waals surface area contributed by atoms with Crippen molar-refractivity contribution >= 4 is 34.4 Å². The Labute approximate surface area is 182 Å². The first-order valence-corrected chi connectivity index (χ1v) is 9.85. The fourth-order valence-corrected chi connectivity index (χ4v) is 3.45. The number of carboxylic acids is 1. The van der Waals surface area contributed by atoms with Crippen LogP contribution in [0.1, 0.15) is 15.9 Å². The molecule has 4 rings (SSSR count). The van der Waals surface area contributed by atoms with Crippen molar-refractivity contribution in [1.82, 2.24) is 5.32 Å². The van der Waals surface area contributed by atoms with Gasteiger partial charge in [-0.1, -0.05) is 41.9 Å². The number of carbonyl (C=O) groups is 2. The minimum atomic E-state index is -1.19. The standard InChI is InChI=1S/C24H17ClFNO4/c25-17-8-6-15(7-9-17)21-12-16-11-18(26)13-19(22(16)31-21)23(28)27-20(24(29)30)10-14-4-2-1-3-5-14/h1-9,11-13,20H,10H2,(H,27,28)(H,29,30)/t20-/m0/s1. The summed E-state index contributed by atoms with van der Waals surface area (Å²) < 4.78 is 20.1. The lowest BCUT2D eigenvalue weighted by atomic mass is 10.0. The molecule has 0 unspecified atom stereocenters. The van der Waals surface area contributed by atoms with E-state index >= 15 is 0 Å². The van der Waals surface area contributed by atoms with Crippen molar-refractivity contribution in [2.24, 2.45) is 0 Å². The summed E-state index contributed by atoms with van der Waals surface area (Å²) in [6.45, 7) is 0. The molecule has 0 aliphatic rings. The average molecular weight is 438 g/mol. The molecule has 0 saturated carbocycles. The molecule has 31 heavy (non-hydrogen) atoms. The van der Waals surface area contributed by atoms with Crippen molar-refractivity contribution in [3.8, 4) is 11.3 Å². The number of fused-ring (bicyclic) bond motifs is 1. The average Bonchev–Trinajstić information content (AvgIpc) is 3.17. The van der Waals surface area contributed by atoms with E-state index in [1.54, 1.807) is 54.6 Å². The number of carbonyl (C=O) groups excluding carboxylic acids is 1. The Morgan fingerprint density at radius 3 is 2.42 bits per heavy atom. The van der Waals surface area contributed by atoms with Crippen molar-refractivity contribution in [2.45, 2.75) is 12.5 Å². The normalized spacial score (nSPS) is 11.9. The Balaban J connectivity index is 1.66. The molecular formula is C24H17ClFNO4. The van der Waals surface area contributed by atoms with E-state index in [2.05, 4.69) is 5.32 Å². The summed E-state index contributed by atoms with van der Waals surface area (Å²) in [5, 5.41) is 13.0. The molecule has 7 heteroatoms. The highest BCUT2D eigenvalue weighted by Crippen LogP contribution is 2.31. The van der Waals surface area contributed by atoms with Gasteiger partial charge in [0.15, 0.2) is 0 Å². The van der Waals surface area contributed by atoms with Crippen molar-refractivity contribution in [2.75, 3.05) is 0 Å². The largest absolute Gasteiger partial charge is 0.480 e. The highest BCUT2D eigenvalue weighted by Gasteiger charge is 2.24. The zero-order valence-electron chi connectivity index (χ0n) is 16.1. The fraction of sp³-hybridized carbons (Fsp3) is 0.0833. The summed E-state index contributed by atoms with van der Waals surface area (Å²) in [6, 6.07) is 18.5. The first-order chi connectivity index (χ1) is 14.9. The lowest BCUT2D eigenvalue weighted by Gasteiger charge is -2.15. The summed E-state index contributed by atoms with van der Waals surface area (Å²) in [7, 11) is 0. The summed E-state index contributed by atoms with van der Waals surface area (Å²) in [5.41, 5.74) is 1.56. The van der Waals surface area contributed by atoms with E-state index in [-0.39, 0.29) is 17.6 Å². The Morgan fingerprint density at radius 2 is 1.74 bits per heavy atom. The summed E-state index contributed by atoms with van der Waals surface area (Å²) >= 11 is 5.92. The number of aliphatic carboxylic acids is 1. The van der Waals surface area contributed by atoms with E-state index in [0.29, 0.717) is 21.7 Å². The Morgan fingerprint density at radius 1 is 1.03 bits per heavy atom. The van der Waals surface area contributed by atoms with Crippen LogP contribution in [0.25, 0.3) is 22.3 Å². The molecule has 0 spiro atoms. The van der Waals surface area contributed by atoms with E-state index in [1.165, 1.54) is 6.07 Å². The van der Waals surface area contributed by atoms with E-state index in [4.69, 9.17) is 16.0 Å². The van der Waals surface area contributed by atoms with Gasteiger partial charge in [0, 0.05) is 22.4 Å². The molecule has 0 bridgehead atoms. The summed E-state index contributed by atoms with van der Waals surface area (Å²) in [4.78, 5) is 24.6. The second kappa shape index (κ2) is 8.62. The number of furan rings is 1. The van der Waals surface area contributed by atoms with Crippen molar-refractivity contribution in [3.05, 3.63) is 94.8 Å². The first kappa shape index (κ1) is 20.6. The van der Waals surface area contributed by atoms with Crippen LogP contribution in [-0.4, -0.2) is 23.0 Å². The van der Waals surface area contributed by atoms with Crippen LogP contribution in [-0.2, 0) is 11.2 Å². The van der Waals surface area contributed by atoms with Gasteiger partial charge in [-0.3, -0.25) is 4.79 Å². The van der Waals surface area contributed by atoms with E-state index in [0.717, 1.165) is 11.6 Å². The molecule has 1 aromatic heterocycles. The van der Waals surface area contributed by atoms with Crippen LogP contribution in [0.2, 0.25) is 5.02 Å². The van der Waals surface area contributed by atoms with Crippen LogP contribution >= 0.6 is 11.6 Å². The topological polar surface area (TPSA) is 79.5 Å². The van der Waals surface area contributed by atoms with Crippen LogP contribution in [0.3, 0.4) is 0 Å². The lowest BCUT2D eigenvalue weighted by molar-refractivity contribution is -0.139.